The topological polar surface area (TPSA) is 54.7 Å². The van der Waals surface area contributed by atoms with E-state index in [1.165, 1.54) is 0 Å². The summed E-state index contributed by atoms with van der Waals surface area (Å²) in [5.74, 6) is 0.722. The number of fused-ring (bicyclic) bond motifs is 1. The van der Waals surface area contributed by atoms with Gasteiger partial charge in [0, 0.05) is 5.56 Å². The molecule has 3 aromatic rings. The first-order valence-corrected chi connectivity index (χ1v) is 6.10. The minimum atomic E-state index is 0.387. The summed E-state index contributed by atoms with van der Waals surface area (Å²) in [5, 5.41) is 0.857. The Labute approximate surface area is 114 Å². The van der Waals surface area contributed by atoms with E-state index >= 15 is 0 Å². The maximum Gasteiger partial charge on any atom is 0.138 e. The Hall–Kier alpha value is -1.71. The Kier molecular flexibility index (Phi) is 2.65. The highest BCUT2D eigenvalue weighted by molar-refractivity contribution is 6.39. The molecule has 0 bridgehead atoms. The number of imidazole rings is 1. The number of aromatic nitrogens is 2. The van der Waals surface area contributed by atoms with Gasteiger partial charge in [0.2, 0.25) is 0 Å². The highest BCUT2D eigenvalue weighted by atomic mass is 35.5. The fourth-order valence-electron chi connectivity index (χ4n) is 1.81. The third-order valence-electron chi connectivity index (χ3n) is 2.74. The van der Waals surface area contributed by atoms with Crippen LogP contribution < -0.4 is 5.73 Å². The van der Waals surface area contributed by atoms with Crippen molar-refractivity contribution < 1.29 is 0 Å². The van der Waals surface area contributed by atoms with Crippen LogP contribution in [-0.2, 0) is 0 Å². The van der Waals surface area contributed by atoms with Gasteiger partial charge < -0.3 is 10.7 Å². The monoisotopic (exact) mass is 277 g/mol. The molecule has 90 valence electrons. The number of anilines is 1. The second kappa shape index (κ2) is 4.19. The van der Waals surface area contributed by atoms with E-state index in [1.54, 1.807) is 12.1 Å². The molecule has 0 aliphatic heterocycles. The van der Waals surface area contributed by atoms with Crippen LogP contribution in [0.5, 0.6) is 0 Å². The molecule has 0 amide bonds. The first-order chi connectivity index (χ1) is 8.65. The van der Waals surface area contributed by atoms with Crippen molar-refractivity contribution in [2.45, 2.75) is 0 Å². The summed E-state index contributed by atoms with van der Waals surface area (Å²) in [5.41, 5.74) is 8.78. The van der Waals surface area contributed by atoms with Crippen LogP contribution in [0.3, 0.4) is 0 Å². The lowest BCUT2D eigenvalue weighted by Crippen LogP contribution is -1.89. The van der Waals surface area contributed by atoms with Crippen LogP contribution in [0.2, 0.25) is 10.0 Å². The molecule has 1 heterocycles. The molecule has 3 rings (SSSR count). The van der Waals surface area contributed by atoms with Crippen molar-refractivity contribution in [3.05, 3.63) is 46.4 Å². The lowest BCUT2D eigenvalue weighted by molar-refractivity contribution is 1.34. The Morgan fingerprint density at radius 2 is 1.72 bits per heavy atom. The molecule has 2 aromatic carbocycles. The number of hydrogen-bond donors (Lipinski definition) is 2. The molecule has 0 radical (unpaired) electrons. The van der Waals surface area contributed by atoms with Crippen molar-refractivity contribution >= 4 is 39.9 Å². The predicted octanol–water partition coefficient (Wildman–Crippen LogP) is 4.12. The van der Waals surface area contributed by atoms with E-state index in [2.05, 4.69) is 9.97 Å². The van der Waals surface area contributed by atoms with Crippen LogP contribution in [-0.4, -0.2) is 9.97 Å². The molecule has 1 aromatic heterocycles. The number of halogens is 2. The van der Waals surface area contributed by atoms with Crippen molar-refractivity contribution in [1.29, 1.82) is 0 Å². The van der Waals surface area contributed by atoms with Gasteiger partial charge in [0.15, 0.2) is 0 Å². The number of nitrogen functional groups attached to an aromatic ring is 1. The van der Waals surface area contributed by atoms with Gasteiger partial charge in [-0.1, -0.05) is 35.3 Å². The molecule has 0 saturated heterocycles. The second-order valence-electron chi connectivity index (χ2n) is 3.96. The van der Waals surface area contributed by atoms with E-state index < -0.39 is 0 Å². The normalized spacial score (nSPS) is 11.0. The van der Waals surface area contributed by atoms with Gasteiger partial charge in [-0.2, -0.15) is 0 Å². The number of nitrogens with two attached hydrogens (primary N) is 1. The first kappa shape index (κ1) is 11.4. The lowest BCUT2D eigenvalue weighted by Gasteiger charge is -2.03. The van der Waals surface area contributed by atoms with Gasteiger partial charge in [0.05, 0.1) is 26.8 Å². The largest absolute Gasteiger partial charge is 0.396 e. The van der Waals surface area contributed by atoms with Crippen LogP contribution >= 0.6 is 23.2 Å². The number of rotatable bonds is 1. The molecular weight excluding hydrogens is 269 g/mol. The number of nitrogens with one attached hydrogen (secondary N) is 1. The minimum Gasteiger partial charge on any atom is -0.396 e. The van der Waals surface area contributed by atoms with Gasteiger partial charge >= 0.3 is 0 Å². The third kappa shape index (κ3) is 1.82. The minimum absolute atomic E-state index is 0.387. The molecule has 0 unspecified atom stereocenters. The summed E-state index contributed by atoms with van der Waals surface area (Å²) >= 11 is 12.0. The smallest absolute Gasteiger partial charge is 0.138 e. The summed E-state index contributed by atoms with van der Waals surface area (Å²) in [6.07, 6.45) is 0. The average molecular weight is 278 g/mol. The van der Waals surface area contributed by atoms with Crippen molar-refractivity contribution in [1.82, 2.24) is 9.97 Å². The summed E-state index contributed by atoms with van der Waals surface area (Å²) in [4.78, 5) is 7.70. The Bertz CT molecular complexity index is 678. The highest BCUT2D eigenvalue weighted by Gasteiger charge is 2.09. The number of para-hydroxylation sites is 2. The maximum absolute atomic E-state index is 6.02. The van der Waals surface area contributed by atoms with Gasteiger partial charge in [-0.3, -0.25) is 0 Å². The van der Waals surface area contributed by atoms with Crippen LogP contribution in [0.4, 0.5) is 5.69 Å². The first-order valence-electron chi connectivity index (χ1n) is 5.35. The van der Waals surface area contributed by atoms with Crippen LogP contribution in [0.15, 0.2) is 36.4 Å². The molecule has 0 atom stereocenters. The van der Waals surface area contributed by atoms with Gasteiger partial charge in [-0.25, -0.2) is 4.98 Å². The summed E-state index contributed by atoms with van der Waals surface area (Å²) in [7, 11) is 0. The Balaban J connectivity index is 2.20. The van der Waals surface area contributed by atoms with E-state index in [0.717, 1.165) is 22.4 Å². The molecule has 18 heavy (non-hydrogen) atoms. The van der Waals surface area contributed by atoms with E-state index in [-0.39, 0.29) is 0 Å². The van der Waals surface area contributed by atoms with Gasteiger partial charge in [-0.15, -0.1) is 0 Å². The predicted molar refractivity (Wildman–Crippen MR) is 76.0 cm³/mol. The number of H-pyrrole nitrogens is 1. The Morgan fingerprint density at radius 1 is 1.06 bits per heavy atom. The summed E-state index contributed by atoms with van der Waals surface area (Å²) in [6.45, 7) is 0. The van der Waals surface area contributed by atoms with E-state index in [9.17, 15) is 0 Å². The third-order valence-corrected chi connectivity index (χ3v) is 3.37. The zero-order chi connectivity index (χ0) is 12.7. The zero-order valence-electron chi connectivity index (χ0n) is 9.24. The summed E-state index contributed by atoms with van der Waals surface area (Å²) < 4.78 is 0. The lowest BCUT2D eigenvalue weighted by atomic mass is 10.2. The number of hydrogen-bond acceptors (Lipinski definition) is 2. The Morgan fingerprint density at radius 3 is 2.39 bits per heavy atom. The maximum atomic E-state index is 6.02. The van der Waals surface area contributed by atoms with Crippen LogP contribution in [0.25, 0.3) is 22.4 Å². The van der Waals surface area contributed by atoms with Crippen LogP contribution in [0.1, 0.15) is 0 Å². The molecule has 5 heteroatoms. The van der Waals surface area contributed by atoms with Gasteiger partial charge in [0.25, 0.3) is 0 Å². The van der Waals surface area contributed by atoms with Crippen molar-refractivity contribution in [3.63, 3.8) is 0 Å². The fourth-order valence-corrected chi connectivity index (χ4v) is 2.30. The molecule has 3 nitrogen and oxygen atoms in total. The quantitative estimate of drug-likeness (QED) is 0.658. The molecule has 0 spiro atoms. The molecule has 0 aliphatic rings. The molecule has 0 fully saturated rings. The van der Waals surface area contributed by atoms with Crippen molar-refractivity contribution in [2.75, 3.05) is 5.73 Å². The molecule has 3 N–H and O–H groups in total. The van der Waals surface area contributed by atoms with E-state index in [4.69, 9.17) is 28.9 Å². The van der Waals surface area contributed by atoms with Gasteiger partial charge in [-0.05, 0) is 24.3 Å². The molecular formula is C13H9Cl2N3. The van der Waals surface area contributed by atoms with Gasteiger partial charge in [0.1, 0.15) is 5.82 Å². The average Bonchev–Trinajstić information content (AvgIpc) is 2.79. The zero-order valence-corrected chi connectivity index (χ0v) is 10.8. The standard InChI is InChI=1S/C13H9Cl2N3/c14-8-5-7(6-9(15)12(8)16)13-17-10-3-1-2-4-11(10)18-13/h1-6H,16H2,(H,17,18). The SMILES string of the molecule is Nc1c(Cl)cc(-c2nc3ccccc3[nH]2)cc1Cl. The number of nitrogens with zero attached hydrogens (tertiary/aromatic N) is 1. The number of benzene rings is 2. The molecule has 0 saturated carbocycles. The van der Waals surface area contributed by atoms with E-state index in [1.807, 2.05) is 24.3 Å². The fraction of sp³-hybridized carbons (Fsp3) is 0. The number of aromatic amines is 1. The summed E-state index contributed by atoms with van der Waals surface area (Å²) in [6, 6.07) is 11.3. The molecule has 0 aliphatic carbocycles. The van der Waals surface area contributed by atoms with Crippen molar-refractivity contribution in [3.8, 4) is 11.4 Å². The van der Waals surface area contributed by atoms with Crippen LogP contribution in [0, 0.1) is 0 Å². The van der Waals surface area contributed by atoms with E-state index in [0.29, 0.717) is 15.7 Å². The van der Waals surface area contributed by atoms with Crippen molar-refractivity contribution in [2.24, 2.45) is 0 Å². The second-order valence-corrected chi connectivity index (χ2v) is 4.77. The highest BCUT2D eigenvalue weighted by Crippen LogP contribution is 2.33.